The summed E-state index contributed by atoms with van der Waals surface area (Å²) in [7, 11) is 0. The molecule has 1 heterocycles. The molecule has 0 fully saturated rings. The van der Waals surface area contributed by atoms with Gasteiger partial charge in [-0.25, -0.2) is 4.68 Å². The highest BCUT2D eigenvalue weighted by Gasteiger charge is 2.11. The summed E-state index contributed by atoms with van der Waals surface area (Å²) in [6.45, 7) is 4.37. The molecular weight excluding hydrogens is 316 g/mol. The first-order valence-corrected chi connectivity index (χ1v) is 8.03. The molecule has 6 nitrogen and oxygen atoms in total. The highest BCUT2D eigenvalue weighted by molar-refractivity contribution is 5.84. The zero-order valence-electron chi connectivity index (χ0n) is 14.2. The summed E-state index contributed by atoms with van der Waals surface area (Å²) >= 11 is 0. The van der Waals surface area contributed by atoms with E-state index >= 15 is 0 Å². The van der Waals surface area contributed by atoms with Gasteiger partial charge in [0, 0.05) is 11.9 Å². The van der Waals surface area contributed by atoms with Crippen LogP contribution in [0.5, 0.6) is 5.75 Å². The molecular formula is C19H20N4O2. The zero-order valence-corrected chi connectivity index (χ0v) is 14.2. The Morgan fingerprint density at radius 2 is 1.92 bits per heavy atom. The molecule has 0 spiro atoms. The molecule has 1 aromatic heterocycles. The van der Waals surface area contributed by atoms with Crippen molar-refractivity contribution < 1.29 is 4.74 Å². The summed E-state index contributed by atoms with van der Waals surface area (Å²) in [4.78, 5) is 17.0. The molecule has 0 atom stereocenters. The number of rotatable bonds is 5. The van der Waals surface area contributed by atoms with Crippen LogP contribution in [-0.4, -0.2) is 22.6 Å². The van der Waals surface area contributed by atoms with Gasteiger partial charge in [-0.05, 0) is 50.2 Å². The fourth-order valence-corrected chi connectivity index (χ4v) is 2.49. The van der Waals surface area contributed by atoms with Crippen LogP contribution in [-0.2, 0) is 0 Å². The monoisotopic (exact) mass is 336 g/mol. The van der Waals surface area contributed by atoms with Crippen molar-refractivity contribution in [2.75, 3.05) is 12.3 Å². The molecule has 0 bridgehead atoms. The van der Waals surface area contributed by atoms with Gasteiger partial charge >= 0.3 is 0 Å². The van der Waals surface area contributed by atoms with Crippen molar-refractivity contribution in [1.29, 1.82) is 0 Å². The summed E-state index contributed by atoms with van der Waals surface area (Å²) in [5, 5.41) is 3.07. The lowest BCUT2D eigenvalue weighted by molar-refractivity contribution is 0.340. The van der Waals surface area contributed by atoms with Crippen LogP contribution in [0.15, 0.2) is 58.3 Å². The molecule has 0 radical (unpaired) electrons. The van der Waals surface area contributed by atoms with Crippen LogP contribution in [0.4, 0.5) is 11.4 Å². The van der Waals surface area contributed by atoms with Gasteiger partial charge in [0.05, 0.1) is 29.2 Å². The van der Waals surface area contributed by atoms with E-state index in [4.69, 9.17) is 10.5 Å². The van der Waals surface area contributed by atoms with Crippen LogP contribution in [0, 0.1) is 6.92 Å². The van der Waals surface area contributed by atoms with Gasteiger partial charge in [0.25, 0.3) is 5.56 Å². The van der Waals surface area contributed by atoms with Crippen molar-refractivity contribution in [3.8, 4) is 11.4 Å². The maximum atomic E-state index is 12.7. The molecule has 0 saturated heterocycles. The predicted molar refractivity (Wildman–Crippen MR) is 100 cm³/mol. The molecule has 3 rings (SSSR count). The molecule has 0 saturated carbocycles. The number of nitrogens with one attached hydrogen (secondary N) is 1. The average Bonchev–Trinajstić information content (AvgIpc) is 2.90. The molecule has 0 amide bonds. The molecule has 25 heavy (non-hydrogen) atoms. The normalized spacial score (nSPS) is 11.1. The van der Waals surface area contributed by atoms with E-state index in [2.05, 4.69) is 10.1 Å². The van der Waals surface area contributed by atoms with Crippen LogP contribution in [0.25, 0.3) is 5.69 Å². The number of aliphatic imine (C=N–C) groups is 1. The van der Waals surface area contributed by atoms with E-state index in [1.165, 1.54) is 4.68 Å². The molecule has 2 aromatic carbocycles. The molecule has 3 aromatic rings. The number of aromatic nitrogens is 2. The molecule has 3 N–H and O–H groups in total. The minimum absolute atomic E-state index is 0.167. The third kappa shape index (κ3) is 3.47. The van der Waals surface area contributed by atoms with E-state index in [1.54, 1.807) is 18.3 Å². The van der Waals surface area contributed by atoms with Crippen LogP contribution in [0.2, 0.25) is 0 Å². The number of para-hydroxylation sites is 2. The number of hydrogen-bond donors (Lipinski definition) is 2. The maximum absolute atomic E-state index is 12.7. The van der Waals surface area contributed by atoms with Gasteiger partial charge < -0.3 is 10.5 Å². The number of anilines is 1. The molecule has 0 aliphatic heterocycles. The molecule has 6 heteroatoms. The van der Waals surface area contributed by atoms with Crippen LogP contribution in [0.1, 0.15) is 18.2 Å². The summed E-state index contributed by atoms with van der Waals surface area (Å²) in [6, 6.07) is 14.6. The molecule has 128 valence electrons. The van der Waals surface area contributed by atoms with Gasteiger partial charge in [-0.2, -0.15) is 0 Å². The fourth-order valence-electron chi connectivity index (χ4n) is 2.49. The van der Waals surface area contributed by atoms with E-state index in [-0.39, 0.29) is 5.56 Å². The third-order valence-electron chi connectivity index (χ3n) is 3.79. The van der Waals surface area contributed by atoms with Crippen molar-refractivity contribution in [2.45, 2.75) is 13.8 Å². The number of benzene rings is 2. The minimum atomic E-state index is -0.167. The van der Waals surface area contributed by atoms with Crippen molar-refractivity contribution >= 4 is 17.6 Å². The highest BCUT2D eigenvalue weighted by atomic mass is 16.5. The summed E-state index contributed by atoms with van der Waals surface area (Å²) in [5.41, 5.74) is 8.88. The Hall–Kier alpha value is -3.28. The van der Waals surface area contributed by atoms with Crippen molar-refractivity contribution in [2.24, 2.45) is 4.99 Å². The van der Waals surface area contributed by atoms with Gasteiger partial charge in [0.2, 0.25) is 0 Å². The van der Waals surface area contributed by atoms with E-state index in [0.717, 1.165) is 17.1 Å². The standard InChI is InChI=1S/C19H20N4O2/c1-3-25-15-10-8-14(9-11-15)23-19(24)16(13(2)22-23)12-21-18-7-5-4-6-17(18)20/h4-12,22H,3,20H2,1-2H3. The Kier molecular flexibility index (Phi) is 4.70. The number of nitrogens with two attached hydrogens (primary N) is 1. The lowest BCUT2D eigenvalue weighted by Gasteiger charge is -2.05. The maximum Gasteiger partial charge on any atom is 0.280 e. The van der Waals surface area contributed by atoms with Crippen molar-refractivity contribution in [3.63, 3.8) is 0 Å². The predicted octanol–water partition coefficient (Wildman–Crippen LogP) is 3.21. The molecule has 0 aliphatic carbocycles. The van der Waals surface area contributed by atoms with E-state index in [0.29, 0.717) is 23.5 Å². The first kappa shape index (κ1) is 16.6. The van der Waals surface area contributed by atoms with Crippen LogP contribution >= 0.6 is 0 Å². The van der Waals surface area contributed by atoms with Gasteiger partial charge in [-0.3, -0.25) is 14.9 Å². The Balaban J connectivity index is 1.93. The fraction of sp³-hybridized carbons (Fsp3) is 0.158. The first-order valence-electron chi connectivity index (χ1n) is 8.03. The lowest BCUT2D eigenvalue weighted by atomic mass is 10.2. The van der Waals surface area contributed by atoms with Gasteiger partial charge in [0.1, 0.15) is 5.75 Å². The molecule has 0 unspecified atom stereocenters. The Morgan fingerprint density at radius 3 is 2.60 bits per heavy atom. The van der Waals surface area contributed by atoms with E-state index < -0.39 is 0 Å². The topological polar surface area (TPSA) is 85.4 Å². The number of nitrogens with zero attached hydrogens (tertiary/aromatic N) is 2. The first-order chi connectivity index (χ1) is 12.1. The number of aromatic amines is 1. The van der Waals surface area contributed by atoms with Crippen LogP contribution < -0.4 is 16.0 Å². The largest absolute Gasteiger partial charge is 0.494 e. The van der Waals surface area contributed by atoms with Gasteiger partial charge in [0.15, 0.2) is 0 Å². The van der Waals surface area contributed by atoms with E-state index in [9.17, 15) is 4.79 Å². The quantitative estimate of drug-likeness (QED) is 0.554. The Labute approximate surface area is 145 Å². The average molecular weight is 336 g/mol. The van der Waals surface area contributed by atoms with Crippen molar-refractivity contribution in [3.05, 3.63) is 70.1 Å². The zero-order chi connectivity index (χ0) is 17.8. The van der Waals surface area contributed by atoms with E-state index in [1.807, 2.05) is 50.2 Å². The molecule has 0 aliphatic rings. The van der Waals surface area contributed by atoms with Crippen LogP contribution in [0.3, 0.4) is 0 Å². The second kappa shape index (κ2) is 7.09. The number of H-pyrrole nitrogens is 1. The summed E-state index contributed by atoms with van der Waals surface area (Å²) < 4.78 is 6.91. The van der Waals surface area contributed by atoms with Gasteiger partial charge in [-0.1, -0.05) is 12.1 Å². The lowest BCUT2D eigenvalue weighted by Crippen LogP contribution is -2.17. The second-order valence-corrected chi connectivity index (χ2v) is 5.53. The third-order valence-corrected chi connectivity index (χ3v) is 3.79. The highest BCUT2D eigenvalue weighted by Crippen LogP contribution is 2.20. The summed E-state index contributed by atoms with van der Waals surface area (Å²) in [5.74, 6) is 0.768. The van der Waals surface area contributed by atoms with Gasteiger partial charge in [-0.15, -0.1) is 0 Å². The summed E-state index contributed by atoms with van der Waals surface area (Å²) in [6.07, 6.45) is 1.55. The Bertz CT molecular complexity index is 952. The number of hydrogen-bond acceptors (Lipinski definition) is 4. The number of ether oxygens (including phenoxy) is 1. The van der Waals surface area contributed by atoms with Crippen molar-refractivity contribution in [1.82, 2.24) is 9.78 Å². The minimum Gasteiger partial charge on any atom is -0.494 e. The number of nitrogen functional groups attached to an aromatic ring is 1. The number of aryl methyl sites for hydroxylation is 1. The second-order valence-electron chi connectivity index (χ2n) is 5.53. The Morgan fingerprint density at radius 1 is 1.20 bits per heavy atom. The smallest absolute Gasteiger partial charge is 0.280 e. The SMILES string of the molecule is CCOc1ccc(-n2[nH]c(C)c(C=Nc3ccccc3N)c2=O)cc1.